The van der Waals surface area contributed by atoms with Crippen LogP contribution in [0.2, 0.25) is 0 Å². The molecule has 100 valence electrons. The predicted molar refractivity (Wildman–Crippen MR) is 70.2 cm³/mol. The molecule has 0 aliphatic heterocycles. The Kier molecular flexibility index (Phi) is 3.33. The average Bonchev–Trinajstić information content (AvgIpc) is 3.02. The molecule has 0 amide bonds. The van der Waals surface area contributed by atoms with Crippen molar-refractivity contribution in [2.45, 2.75) is 38.5 Å². The van der Waals surface area contributed by atoms with Crippen LogP contribution < -0.4 is 0 Å². The van der Waals surface area contributed by atoms with E-state index in [9.17, 15) is 4.79 Å². The summed E-state index contributed by atoms with van der Waals surface area (Å²) in [6, 6.07) is 2.13. The Hall–Kier alpha value is -1.69. The van der Waals surface area contributed by atoms with Crippen LogP contribution in [0.1, 0.15) is 35.6 Å². The van der Waals surface area contributed by atoms with E-state index in [0.717, 1.165) is 17.7 Å². The lowest BCUT2D eigenvalue weighted by molar-refractivity contribution is -0.137. The molecule has 0 unspecified atom stereocenters. The number of fused-ring (bicyclic) bond motifs is 1. The van der Waals surface area contributed by atoms with Crippen LogP contribution in [0.15, 0.2) is 10.5 Å². The van der Waals surface area contributed by atoms with E-state index in [0.29, 0.717) is 11.8 Å². The first-order valence-electron chi connectivity index (χ1n) is 6.38. The molecule has 0 saturated heterocycles. The predicted octanol–water partition coefficient (Wildman–Crippen LogP) is 2.69. The van der Waals surface area contributed by atoms with E-state index in [1.165, 1.54) is 23.3 Å². The third-order valence-electron chi connectivity index (χ3n) is 3.23. The summed E-state index contributed by atoms with van der Waals surface area (Å²) in [5.41, 5.74) is 1.40. The number of carboxylic acid groups (broad SMARTS) is 1. The van der Waals surface area contributed by atoms with Gasteiger partial charge in [-0.3, -0.25) is 4.79 Å². The molecule has 0 bridgehead atoms. The summed E-state index contributed by atoms with van der Waals surface area (Å²) in [5.74, 6) is 0.0508. The third-order valence-corrected chi connectivity index (χ3v) is 4.45. The number of hydrogen-bond donors (Lipinski definition) is 1. The quantitative estimate of drug-likeness (QED) is 0.930. The zero-order valence-corrected chi connectivity index (χ0v) is 11.2. The molecule has 2 heterocycles. The van der Waals surface area contributed by atoms with Crippen LogP contribution in [0.3, 0.4) is 0 Å². The summed E-state index contributed by atoms with van der Waals surface area (Å²) < 4.78 is 5.52. The summed E-state index contributed by atoms with van der Waals surface area (Å²) in [6.45, 7) is 0. The van der Waals surface area contributed by atoms with Gasteiger partial charge in [-0.2, -0.15) is 0 Å². The SMILES string of the molecule is O=C(O)CCc1nnc(-c2cc3c(s2)CCCC3)o1. The molecular formula is C13H14N2O3S. The molecule has 6 heteroatoms. The number of rotatable bonds is 4. The topological polar surface area (TPSA) is 76.2 Å². The number of thiophene rings is 1. The average molecular weight is 278 g/mol. The highest BCUT2D eigenvalue weighted by molar-refractivity contribution is 7.15. The summed E-state index contributed by atoms with van der Waals surface area (Å²) in [4.78, 5) is 12.9. The summed E-state index contributed by atoms with van der Waals surface area (Å²) >= 11 is 1.71. The fraction of sp³-hybridized carbons (Fsp3) is 0.462. The molecule has 0 spiro atoms. The van der Waals surface area contributed by atoms with E-state index in [2.05, 4.69) is 16.3 Å². The molecule has 19 heavy (non-hydrogen) atoms. The maximum absolute atomic E-state index is 10.5. The second kappa shape index (κ2) is 5.13. The highest BCUT2D eigenvalue weighted by Gasteiger charge is 2.17. The first-order chi connectivity index (χ1) is 9.22. The van der Waals surface area contributed by atoms with Crippen LogP contribution in [0, 0.1) is 0 Å². The van der Waals surface area contributed by atoms with Gasteiger partial charge in [-0.15, -0.1) is 21.5 Å². The van der Waals surface area contributed by atoms with Crippen molar-refractivity contribution < 1.29 is 14.3 Å². The van der Waals surface area contributed by atoms with Crippen LogP contribution in [-0.2, 0) is 24.1 Å². The smallest absolute Gasteiger partial charge is 0.303 e. The van der Waals surface area contributed by atoms with Crippen molar-refractivity contribution in [1.29, 1.82) is 0 Å². The van der Waals surface area contributed by atoms with Crippen molar-refractivity contribution in [3.8, 4) is 10.8 Å². The number of carboxylic acids is 1. The van der Waals surface area contributed by atoms with Gasteiger partial charge in [0.15, 0.2) is 0 Å². The van der Waals surface area contributed by atoms with Crippen molar-refractivity contribution >= 4 is 17.3 Å². The zero-order chi connectivity index (χ0) is 13.2. The van der Waals surface area contributed by atoms with E-state index in [-0.39, 0.29) is 12.8 Å². The number of carbonyl (C=O) groups is 1. The first kappa shape index (κ1) is 12.3. The standard InChI is InChI=1S/C13H14N2O3S/c16-12(17)6-5-11-14-15-13(18-11)10-7-8-3-1-2-4-9(8)19-10/h7H,1-6H2,(H,16,17). The van der Waals surface area contributed by atoms with Gasteiger partial charge in [0.2, 0.25) is 5.89 Å². The third kappa shape index (κ3) is 2.68. The van der Waals surface area contributed by atoms with Crippen molar-refractivity contribution in [2.75, 3.05) is 0 Å². The second-order valence-electron chi connectivity index (χ2n) is 4.66. The largest absolute Gasteiger partial charge is 0.481 e. The monoisotopic (exact) mass is 278 g/mol. The van der Waals surface area contributed by atoms with E-state index in [1.54, 1.807) is 11.3 Å². The Morgan fingerprint density at radius 1 is 1.37 bits per heavy atom. The van der Waals surface area contributed by atoms with Crippen LogP contribution in [0.5, 0.6) is 0 Å². The van der Waals surface area contributed by atoms with Gasteiger partial charge in [-0.1, -0.05) is 0 Å². The van der Waals surface area contributed by atoms with Crippen LogP contribution in [0.4, 0.5) is 0 Å². The van der Waals surface area contributed by atoms with Crippen LogP contribution in [-0.4, -0.2) is 21.3 Å². The lowest BCUT2D eigenvalue weighted by Gasteiger charge is -2.08. The van der Waals surface area contributed by atoms with Gasteiger partial charge < -0.3 is 9.52 Å². The Morgan fingerprint density at radius 2 is 2.21 bits per heavy atom. The second-order valence-corrected chi connectivity index (χ2v) is 5.80. The van der Waals surface area contributed by atoms with Gasteiger partial charge in [0, 0.05) is 11.3 Å². The van der Waals surface area contributed by atoms with E-state index in [1.807, 2.05) is 0 Å². The van der Waals surface area contributed by atoms with Crippen molar-refractivity contribution in [1.82, 2.24) is 10.2 Å². The molecular weight excluding hydrogens is 264 g/mol. The van der Waals surface area contributed by atoms with Gasteiger partial charge in [0.05, 0.1) is 11.3 Å². The molecule has 1 N–H and O–H groups in total. The molecule has 3 rings (SSSR count). The summed E-state index contributed by atoms with van der Waals surface area (Å²) in [6.07, 6.45) is 5.07. The molecule has 1 aliphatic rings. The number of hydrogen-bond acceptors (Lipinski definition) is 5. The fourth-order valence-electron chi connectivity index (χ4n) is 2.26. The number of nitrogens with zero attached hydrogens (tertiary/aromatic N) is 2. The van der Waals surface area contributed by atoms with Crippen LogP contribution in [0.25, 0.3) is 10.8 Å². The lowest BCUT2D eigenvalue weighted by Crippen LogP contribution is -1.97. The van der Waals surface area contributed by atoms with Crippen molar-refractivity contribution in [3.63, 3.8) is 0 Å². The molecule has 0 radical (unpaired) electrons. The van der Waals surface area contributed by atoms with E-state index >= 15 is 0 Å². The minimum Gasteiger partial charge on any atom is -0.481 e. The maximum atomic E-state index is 10.5. The highest BCUT2D eigenvalue weighted by atomic mass is 32.1. The summed E-state index contributed by atoms with van der Waals surface area (Å²) in [5, 5.41) is 16.5. The van der Waals surface area contributed by atoms with Gasteiger partial charge in [-0.25, -0.2) is 0 Å². The molecule has 0 atom stereocenters. The Morgan fingerprint density at radius 3 is 3.00 bits per heavy atom. The normalized spacial score (nSPS) is 14.3. The number of aliphatic carboxylic acids is 1. The zero-order valence-electron chi connectivity index (χ0n) is 10.4. The van der Waals surface area contributed by atoms with Gasteiger partial charge in [0.25, 0.3) is 5.89 Å². The maximum Gasteiger partial charge on any atom is 0.303 e. The number of aromatic nitrogens is 2. The minimum atomic E-state index is -0.855. The fourth-order valence-corrected chi connectivity index (χ4v) is 3.44. The van der Waals surface area contributed by atoms with E-state index in [4.69, 9.17) is 9.52 Å². The molecule has 0 fully saturated rings. The molecule has 0 aromatic carbocycles. The summed E-state index contributed by atoms with van der Waals surface area (Å²) in [7, 11) is 0. The molecule has 5 nitrogen and oxygen atoms in total. The lowest BCUT2D eigenvalue weighted by atomic mass is 9.99. The van der Waals surface area contributed by atoms with Gasteiger partial charge >= 0.3 is 5.97 Å². The Balaban J connectivity index is 1.78. The minimum absolute atomic E-state index is 0.0164. The molecule has 1 aliphatic carbocycles. The van der Waals surface area contributed by atoms with Crippen molar-refractivity contribution in [3.05, 3.63) is 22.4 Å². The highest BCUT2D eigenvalue weighted by Crippen LogP contribution is 2.35. The molecule has 2 aromatic heterocycles. The van der Waals surface area contributed by atoms with Gasteiger partial charge in [-0.05, 0) is 37.3 Å². The first-order valence-corrected chi connectivity index (χ1v) is 7.20. The molecule has 0 saturated carbocycles. The van der Waals surface area contributed by atoms with Crippen LogP contribution >= 0.6 is 11.3 Å². The van der Waals surface area contributed by atoms with Crippen molar-refractivity contribution in [2.24, 2.45) is 0 Å². The van der Waals surface area contributed by atoms with E-state index < -0.39 is 5.97 Å². The Bertz CT molecular complexity index is 579. The number of aryl methyl sites for hydroxylation is 3. The Labute approximate surface area is 114 Å². The molecule has 2 aromatic rings. The van der Waals surface area contributed by atoms with Gasteiger partial charge in [0.1, 0.15) is 0 Å².